The van der Waals surface area contributed by atoms with Crippen molar-refractivity contribution in [1.29, 1.82) is 0 Å². The number of aromatic nitrogens is 2. The van der Waals surface area contributed by atoms with Crippen LogP contribution in [0.5, 0.6) is 0 Å². The van der Waals surface area contributed by atoms with E-state index in [0.717, 1.165) is 50.5 Å². The number of piperazine rings is 1. The summed E-state index contributed by atoms with van der Waals surface area (Å²) >= 11 is 0. The van der Waals surface area contributed by atoms with E-state index >= 15 is 0 Å². The Morgan fingerprint density at radius 2 is 1.57 bits per heavy atom. The Kier molecular flexibility index (Phi) is 5.69. The number of hydrogen-bond donors (Lipinski definition) is 1. The van der Waals surface area contributed by atoms with Crippen LogP contribution in [0.25, 0.3) is 0 Å². The van der Waals surface area contributed by atoms with Crippen molar-refractivity contribution in [3.63, 3.8) is 0 Å². The van der Waals surface area contributed by atoms with Crippen LogP contribution < -0.4 is 15.1 Å². The maximum atomic E-state index is 13.1. The first-order valence-corrected chi connectivity index (χ1v) is 10.1. The molecule has 6 nitrogen and oxygen atoms in total. The van der Waals surface area contributed by atoms with Crippen molar-refractivity contribution in [3.8, 4) is 0 Å². The van der Waals surface area contributed by atoms with E-state index in [-0.39, 0.29) is 17.8 Å². The summed E-state index contributed by atoms with van der Waals surface area (Å²) in [4.78, 5) is 16.8. The molecule has 28 heavy (non-hydrogen) atoms. The van der Waals surface area contributed by atoms with Crippen LogP contribution in [0.2, 0.25) is 0 Å². The van der Waals surface area contributed by atoms with Crippen LogP contribution in [-0.4, -0.2) is 48.3 Å². The molecule has 0 bridgehead atoms. The molecule has 2 heterocycles. The summed E-state index contributed by atoms with van der Waals surface area (Å²) in [7, 11) is 0. The van der Waals surface area contributed by atoms with Crippen molar-refractivity contribution in [2.45, 2.75) is 38.1 Å². The minimum absolute atomic E-state index is 0.132. The number of carbonyl (C=O) groups is 1. The molecule has 1 N–H and O–H groups in total. The van der Waals surface area contributed by atoms with Crippen LogP contribution >= 0.6 is 0 Å². The zero-order valence-corrected chi connectivity index (χ0v) is 16.0. The van der Waals surface area contributed by atoms with Crippen molar-refractivity contribution in [2.75, 3.05) is 36.0 Å². The lowest BCUT2D eigenvalue weighted by molar-refractivity contribution is 0.0921. The molecule has 2 fully saturated rings. The maximum absolute atomic E-state index is 13.1. The smallest absolute Gasteiger partial charge is 0.272 e. The summed E-state index contributed by atoms with van der Waals surface area (Å²) in [5.74, 6) is 0.435. The van der Waals surface area contributed by atoms with Gasteiger partial charge in [-0.15, -0.1) is 10.2 Å². The molecule has 0 unspecified atom stereocenters. The predicted octanol–water partition coefficient (Wildman–Crippen LogP) is 3.00. The number of nitrogens with one attached hydrogen (secondary N) is 1. The molecule has 1 aromatic carbocycles. The molecule has 1 amide bonds. The van der Waals surface area contributed by atoms with E-state index in [1.54, 1.807) is 6.07 Å². The molecular formula is C21H26FN5O. The van der Waals surface area contributed by atoms with Crippen LogP contribution in [0.1, 0.15) is 42.6 Å². The molecule has 7 heteroatoms. The van der Waals surface area contributed by atoms with Crippen LogP contribution in [-0.2, 0) is 0 Å². The molecule has 1 saturated heterocycles. The fraction of sp³-hybridized carbons (Fsp3) is 0.476. The highest BCUT2D eigenvalue weighted by atomic mass is 19.1. The zero-order chi connectivity index (χ0) is 19.3. The summed E-state index contributed by atoms with van der Waals surface area (Å²) in [5, 5.41) is 11.5. The van der Waals surface area contributed by atoms with Crippen molar-refractivity contribution in [2.24, 2.45) is 0 Å². The van der Waals surface area contributed by atoms with E-state index in [1.165, 1.54) is 31.4 Å². The minimum atomic E-state index is -0.217. The topological polar surface area (TPSA) is 61.4 Å². The Morgan fingerprint density at radius 1 is 0.893 bits per heavy atom. The van der Waals surface area contributed by atoms with Gasteiger partial charge in [0.25, 0.3) is 5.91 Å². The van der Waals surface area contributed by atoms with E-state index in [0.29, 0.717) is 5.69 Å². The van der Waals surface area contributed by atoms with E-state index in [1.807, 2.05) is 18.2 Å². The van der Waals surface area contributed by atoms with Crippen molar-refractivity contribution in [1.82, 2.24) is 15.5 Å². The lowest BCUT2D eigenvalue weighted by Crippen LogP contribution is -2.47. The third kappa shape index (κ3) is 4.40. The van der Waals surface area contributed by atoms with Crippen LogP contribution in [0.3, 0.4) is 0 Å². The van der Waals surface area contributed by atoms with Gasteiger partial charge in [0.15, 0.2) is 11.5 Å². The van der Waals surface area contributed by atoms with Gasteiger partial charge in [-0.05, 0) is 49.2 Å². The number of halogens is 1. The second-order valence-electron chi connectivity index (χ2n) is 7.54. The normalized spacial score (nSPS) is 18.2. The molecule has 0 spiro atoms. The van der Waals surface area contributed by atoms with E-state index in [4.69, 9.17) is 0 Å². The number of hydrogen-bond acceptors (Lipinski definition) is 5. The number of carbonyl (C=O) groups excluding carboxylic acids is 1. The van der Waals surface area contributed by atoms with Gasteiger partial charge in [0.05, 0.1) is 0 Å². The third-order valence-electron chi connectivity index (χ3n) is 5.62. The Morgan fingerprint density at radius 3 is 2.21 bits per heavy atom. The van der Waals surface area contributed by atoms with Crippen molar-refractivity contribution < 1.29 is 9.18 Å². The second kappa shape index (κ2) is 8.54. The molecule has 148 valence electrons. The highest BCUT2D eigenvalue weighted by Crippen LogP contribution is 2.20. The highest BCUT2D eigenvalue weighted by Gasteiger charge is 2.21. The summed E-state index contributed by atoms with van der Waals surface area (Å²) in [6.45, 7) is 3.27. The Hall–Kier alpha value is -2.70. The van der Waals surface area contributed by atoms with Gasteiger partial charge in [0.2, 0.25) is 0 Å². The van der Waals surface area contributed by atoms with E-state index in [9.17, 15) is 9.18 Å². The van der Waals surface area contributed by atoms with Gasteiger partial charge in [-0.2, -0.15) is 0 Å². The Bertz CT molecular complexity index is 781. The molecular weight excluding hydrogens is 357 g/mol. The molecule has 4 rings (SSSR count). The molecule has 1 aliphatic heterocycles. The summed E-state index contributed by atoms with van der Waals surface area (Å²) in [6.07, 6.45) is 5.72. The van der Waals surface area contributed by atoms with Gasteiger partial charge in [-0.3, -0.25) is 4.79 Å². The van der Waals surface area contributed by atoms with E-state index in [2.05, 4.69) is 25.3 Å². The Balaban J connectivity index is 1.31. The SMILES string of the molecule is O=C(NC1CCCCC1)c1ccc(N2CCN(c3ccc(F)cc3)CC2)nn1. The summed E-state index contributed by atoms with van der Waals surface area (Å²) in [6, 6.07) is 10.5. The number of rotatable bonds is 4. The quantitative estimate of drug-likeness (QED) is 0.879. The van der Waals surface area contributed by atoms with Gasteiger partial charge in [-0.1, -0.05) is 19.3 Å². The minimum Gasteiger partial charge on any atom is -0.368 e. The number of anilines is 2. The number of amides is 1. The van der Waals surface area contributed by atoms with Crippen molar-refractivity contribution in [3.05, 3.63) is 47.9 Å². The first-order valence-electron chi connectivity index (χ1n) is 10.1. The molecule has 1 saturated carbocycles. The second-order valence-corrected chi connectivity index (χ2v) is 7.54. The van der Waals surface area contributed by atoms with Crippen LogP contribution in [0, 0.1) is 5.82 Å². The predicted molar refractivity (Wildman–Crippen MR) is 107 cm³/mol. The third-order valence-corrected chi connectivity index (χ3v) is 5.62. The van der Waals surface area contributed by atoms with Gasteiger partial charge in [0, 0.05) is 37.9 Å². The summed E-state index contributed by atoms with van der Waals surface area (Å²) < 4.78 is 13.1. The molecule has 1 aromatic heterocycles. The first kappa shape index (κ1) is 18.7. The molecule has 2 aliphatic rings. The molecule has 2 aromatic rings. The number of nitrogens with zero attached hydrogens (tertiary/aromatic N) is 4. The average molecular weight is 383 g/mol. The highest BCUT2D eigenvalue weighted by molar-refractivity contribution is 5.92. The Labute approximate surface area is 164 Å². The van der Waals surface area contributed by atoms with Crippen LogP contribution in [0.4, 0.5) is 15.9 Å². The number of benzene rings is 1. The monoisotopic (exact) mass is 383 g/mol. The average Bonchev–Trinajstić information content (AvgIpc) is 2.75. The van der Waals surface area contributed by atoms with Crippen LogP contribution in [0.15, 0.2) is 36.4 Å². The fourth-order valence-corrected chi connectivity index (χ4v) is 3.97. The zero-order valence-electron chi connectivity index (χ0n) is 16.0. The van der Waals surface area contributed by atoms with Gasteiger partial charge in [0.1, 0.15) is 5.82 Å². The molecule has 0 radical (unpaired) electrons. The van der Waals surface area contributed by atoms with Gasteiger partial charge >= 0.3 is 0 Å². The van der Waals surface area contributed by atoms with E-state index < -0.39 is 0 Å². The van der Waals surface area contributed by atoms with Crippen molar-refractivity contribution >= 4 is 17.4 Å². The lowest BCUT2D eigenvalue weighted by Gasteiger charge is -2.36. The first-order chi connectivity index (χ1) is 13.7. The maximum Gasteiger partial charge on any atom is 0.272 e. The summed E-state index contributed by atoms with van der Waals surface area (Å²) in [5.41, 5.74) is 1.40. The molecule has 0 atom stereocenters. The van der Waals surface area contributed by atoms with Gasteiger partial charge < -0.3 is 15.1 Å². The largest absolute Gasteiger partial charge is 0.368 e. The standard InChI is InChI=1S/C21H26FN5O/c22-16-6-8-18(9-7-16)26-12-14-27(15-13-26)20-11-10-19(24-25-20)21(28)23-17-4-2-1-3-5-17/h6-11,17H,1-5,12-15H2,(H,23,28). The van der Waals surface area contributed by atoms with Gasteiger partial charge in [-0.25, -0.2) is 4.39 Å². The fourth-order valence-electron chi connectivity index (χ4n) is 3.97. The molecule has 1 aliphatic carbocycles. The lowest BCUT2D eigenvalue weighted by atomic mass is 9.95.